The summed E-state index contributed by atoms with van der Waals surface area (Å²) in [6.45, 7) is 7.40. The van der Waals surface area contributed by atoms with Gasteiger partial charge >= 0.3 is 0 Å². The SMILES string of the molecule is CC.CN1CCC2=C1N(C)C1=C(C2)N(I)CCN1C. The van der Waals surface area contributed by atoms with Crippen molar-refractivity contribution in [2.45, 2.75) is 26.7 Å². The first-order chi connectivity index (χ1) is 9.09. The molecule has 0 saturated heterocycles. The standard InChI is InChI=1S/C12H19IN4.C2H6/c1-14-5-4-9-8-10-12(16(3)11(9)14)15(2)6-7-17(10)13;1-2/h4-8H2,1-3H3;1-2H3. The van der Waals surface area contributed by atoms with Gasteiger partial charge in [0, 0.05) is 47.2 Å². The van der Waals surface area contributed by atoms with Crippen LogP contribution < -0.4 is 0 Å². The van der Waals surface area contributed by atoms with Gasteiger partial charge in [0.15, 0.2) is 0 Å². The minimum Gasteiger partial charge on any atom is -0.361 e. The van der Waals surface area contributed by atoms with E-state index in [1.54, 1.807) is 5.57 Å². The Labute approximate surface area is 131 Å². The first-order valence-electron chi connectivity index (χ1n) is 7.14. The summed E-state index contributed by atoms with van der Waals surface area (Å²) in [4.78, 5) is 7.16. The topological polar surface area (TPSA) is 13.0 Å². The van der Waals surface area contributed by atoms with E-state index in [0.29, 0.717) is 0 Å². The molecular formula is C14H25IN4. The molecule has 0 aromatic heterocycles. The van der Waals surface area contributed by atoms with Crippen molar-refractivity contribution in [2.75, 3.05) is 40.8 Å². The molecule has 0 fully saturated rings. The number of rotatable bonds is 0. The first kappa shape index (κ1) is 14.8. The van der Waals surface area contributed by atoms with Crippen molar-refractivity contribution in [3.8, 4) is 0 Å². The van der Waals surface area contributed by atoms with E-state index in [9.17, 15) is 0 Å². The van der Waals surface area contributed by atoms with E-state index in [1.807, 2.05) is 13.8 Å². The second-order valence-corrected chi connectivity index (χ2v) is 6.28. The minimum atomic E-state index is 1.11. The third-order valence-electron chi connectivity index (χ3n) is 3.99. The van der Waals surface area contributed by atoms with Gasteiger partial charge in [-0.15, -0.1) is 0 Å². The molecule has 3 rings (SSSR count). The van der Waals surface area contributed by atoms with Crippen LogP contribution in [-0.2, 0) is 0 Å². The predicted octanol–water partition coefficient (Wildman–Crippen LogP) is 2.66. The van der Waals surface area contributed by atoms with Gasteiger partial charge in [0.05, 0.1) is 28.6 Å². The van der Waals surface area contributed by atoms with Gasteiger partial charge in [0.1, 0.15) is 11.6 Å². The van der Waals surface area contributed by atoms with E-state index < -0.39 is 0 Å². The van der Waals surface area contributed by atoms with Gasteiger partial charge in [0.2, 0.25) is 0 Å². The van der Waals surface area contributed by atoms with Crippen molar-refractivity contribution < 1.29 is 0 Å². The molecule has 0 unspecified atom stereocenters. The molecule has 0 aromatic carbocycles. The summed E-state index contributed by atoms with van der Waals surface area (Å²) < 4.78 is 2.39. The Morgan fingerprint density at radius 2 is 1.53 bits per heavy atom. The molecule has 3 aliphatic rings. The number of likely N-dealkylation sites (N-methyl/N-ethyl adjacent to an activating group) is 1. The molecule has 0 atom stereocenters. The van der Waals surface area contributed by atoms with Crippen molar-refractivity contribution in [1.82, 2.24) is 17.8 Å². The first-order valence-corrected chi connectivity index (χ1v) is 8.10. The monoisotopic (exact) mass is 376 g/mol. The van der Waals surface area contributed by atoms with Crippen LogP contribution in [0.5, 0.6) is 0 Å². The average molecular weight is 376 g/mol. The fraction of sp³-hybridized carbons (Fsp3) is 0.714. The molecule has 0 bridgehead atoms. The summed E-state index contributed by atoms with van der Waals surface area (Å²) >= 11 is 2.46. The van der Waals surface area contributed by atoms with E-state index in [4.69, 9.17) is 0 Å². The Hall–Kier alpha value is -0.590. The Balaban J connectivity index is 0.000000637. The van der Waals surface area contributed by atoms with Crippen LogP contribution in [-0.4, -0.2) is 58.6 Å². The highest BCUT2D eigenvalue weighted by Gasteiger charge is 2.35. The fourth-order valence-corrected chi connectivity index (χ4v) is 3.78. The zero-order chi connectivity index (χ0) is 14.2. The highest BCUT2D eigenvalue weighted by Crippen LogP contribution is 2.40. The van der Waals surface area contributed by atoms with Crippen LogP contribution in [0, 0.1) is 0 Å². The molecule has 0 N–H and O–H groups in total. The van der Waals surface area contributed by atoms with Crippen LogP contribution in [0.3, 0.4) is 0 Å². The normalized spacial score (nSPS) is 22.4. The maximum Gasteiger partial charge on any atom is 0.130 e. The fourth-order valence-electron chi connectivity index (χ4n) is 3.18. The highest BCUT2D eigenvalue weighted by atomic mass is 127. The second-order valence-electron chi connectivity index (χ2n) is 5.11. The quantitative estimate of drug-likeness (QED) is 0.476. The summed E-state index contributed by atoms with van der Waals surface area (Å²) in [5.74, 6) is 2.82. The number of halogens is 1. The van der Waals surface area contributed by atoms with Crippen LogP contribution in [0.15, 0.2) is 22.9 Å². The molecule has 3 heterocycles. The lowest BCUT2D eigenvalue weighted by Crippen LogP contribution is -2.45. The molecule has 0 saturated carbocycles. The van der Waals surface area contributed by atoms with E-state index in [1.165, 1.54) is 30.3 Å². The Kier molecular flexibility index (Phi) is 4.53. The van der Waals surface area contributed by atoms with Crippen molar-refractivity contribution in [3.05, 3.63) is 22.9 Å². The summed E-state index contributed by atoms with van der Waals surface area (Å²) in [7, 11) is 6.61. The number of nitrogens with zero attached hydrogens (tertiary/aromatic N) is 4. The minimum absolute atomic E-state index is 1.11. The molecule has 0 aromatic rings. The zero-order valence-electron chi connectivity index (χ0n) is 12.7. The third kappa shape index (κ3) is 2.41. The van der Waals surface area contributed by atoms with Gasteiger partial charge in [-0.05, 0) is 12.0 Å². The molecule has 0 amide bonds. The summed E-state index contributed by atoms with van der Waals surface area (Å²) in [6.07, 6.45) is 2.35. The van der Waals surface area contributed by atoms with Crippen molar-refractivity contribution >= 4 is 22.9 Å². The van der Waals surface area contributed by atoms with Crippen molar-refractivity contribution in [1.29, 1.82) is 0 Å². The largest absolute Gasteiger partial charge is 0.361 e. The van der Waals surface area contributed by atoms with Gasteiger partial charge in [-0.25, -0.2) is 0 Å². The average Bonchev–Trinajstić information content (AvgIpc) is 2.78. The van der Waals surface area contributed by atoms with Crippen molar-refractivity contribution in [2.24, 2.45) is 0 Å². The van der Waals surface area contributed by atoms with E-state index in [2.05, 4.69) is 61.8 Å². The maximum absolute atomic E-state index is 2.46. The van der Waals surface area contributed by atoms with Crippen LogP contribution in [0.25, 0.3) is 0 Å². The Bertz CT molecular complexity index is 416. The van der Waals surface area contributed by atoms with Crippen LogP contribution in [0.2, 0.25) is 0 Å². The summed E-state index contributed by atoms with van der Waals surface area (Å²) in [5, 5.41) is 0. The number of allylic oxidation sites excluding steroid dienone is 1. The third-order valence-corrected chi connectivity index (χ3v) is 5.05. The van der Waals surface area contributed by atoms with Crippen molar-refractivity contribution in [3.63, 3.8) is 0 Å². The molecule has 4 nitrogen and oxygen atoms in total. The second kappa shape index (κ2) is 5.81. The maximum atomic E-state index is 2.46. The molecule has 3 aliphatic heterocycles. The van der Waals surface area contributed by atoms with Crippen LogP contribution in [0.4, 0.5) is 0 Å². The highest BCUT2D eigenvalue weighted by molar-refractivity contribution is 14.1. The van der Waals surface area contributed by atoms with Gasteiger partial charge in [-0.3, -0.25) is 0 Å². The molecular weight excluding hydrogens is 351 g/mol. The predicted molar refractivity (Wildman–Crippen MR) is 88.4 cm³/mol. The summed E-state index contributed by atoms with van der Waals surface area (Å²) in [6, 6.07) is 0. The molecule has 19 heavy (non-hydrogen) atoms. The lowest BCUT2D eigenvalue weighted by atomic mass is 10.0. The van der Waals surface area contributed by atoms with Crippen LogP contribution in [0.1, 0.15) is 26.7 Å². The number of hydrogen-bond donors (Lipinski definition) is 0. The van der Waals surface area contributed by atoms with Gasteiger partial charge < -0.3 is 17.8 Å². The van der Waals surface area contributed by atoms with Gasteiger partial charge in [-0.1, -0.05) is 13.8 Å². The molecule has 5 heteroatoms. The van der Waals surface area contributed by atoms with E-state index >= 15 is 0 Å². The number of hydrogen-bond acceptors (Lipinski definition) is 4. The molecule has 108 valence electrons. The zero-order valence-corrected chi connectivity index (χ0v) is 14.9. The van der Waals surface area contributed by atoms with E-state index in [-0.39, 0.29) is 0 Å². The van der Waals surface area contributed by atoms with E-state index in [0.717, 1.165) is 19.5 Å². The van der Waals surface area contributed by atoms with Gasteiger partial charge in [0.25, 0.3) is 0 Å². The molecule has 0 spiro atoms. The molecule has 0 radical (unpaired) electrons. The molecule has 0 aliphatic carbocycles. The lowest BCUT2D eigenvalue weighted by molar-refractivity contribution is 0.211. The smallest absolute Gasteiger partial charge is 0.130 e. The Morgan fingerprint density at radius 1 is 0.895 bits per heavy atom. The lowest BCUT2D eigenvalue weighted by Gasteiger charge is -2.44. The van der Waals surface area contributed by atoms with Gasteiger partial charge in [-0.2, -0.15) is 0 Å². The summed E-state index contributed by atoms with van der Waals surface area (Å²) in [5.41, 5.74) is 3.08. The Morgan fingerprint density at radius 3 is 2.21 bits per heavy atom. The van der Waals surface area contributed by atoms with Crippen LogP contribution >= 0.6 is 22.9 Å².